The summed E-state index contributed by atoms with van der Waals surface area (Å²) in [6.45, 7) is 0. The summed E-state index contributed by atoms with van der Waals surface area (Å²) in [5.74, 6) is -1.39. The van der Waals surface area contributed by atoms with Crippen molar-refractivity contribution in [3.63, 3.8) is 0 Å². The summed E-state index contributed by atoms with van der Waals surface area (Å²) in [6.07, 6.45) is 0. The lowest BCUT2D eigenvalue weighted by Crippen LogP contribution is -1.96. The zero-order valence-electron chi connectivity index (χ0n) is 9.18. The van der Waals surface area contributed by atoms with E-state index < -0.39 is 11.6 Å². The maximum Gasteiger partial charge on any atom is 0.164 e. The average Bonchev–Trinajstić information content (AvgIpc) is 2.38. The Kier molecular flexibility index (Phi) is 4.95. The highest BCUT2D eigenvalue weighted by Crippen LogP contribution is 2.33. The number of benzene rings is 2. The van der Waals surface area contributed by atoms with E-state index in [1.807, 2.05) is 0 Å². The van der Waals surface area contributed by atoms with Gasteiger partial charge in [-0.3, -0.25) is 0 Å². The van der Waals surface area contributed by atoms with Crippen LogP contribution in [0.2, 0.25) is 10.0 Å². The summed E-state index contributed by atoms with van der Waals surface area (Å²) in [5.41, 5.74) is -0.240. The van der Waals surface area contributed by atoms with Gasteiger partial charge in [0, 0.05) is 9.92 Å². The highest BCUT2D eigenvalue weighted by atomic mass is 79.9. The molecular formula is C12H6BrCl2F2NS. The van der Waals surface area contributed by atoms with Crippen LogP contribution in [0.15, 0.2) is 39.7 Å². The summed E-state index contributed by atoms with van der Waals surface area (Å²) in [7, 11) is 0. The number of hydrogen-bond donors (Lipinski definition) is 1. The highest BCUT2D eigenvalue weighted by Gasteiger charge is 2.13. The fourth-order valence-corrected chi connectivity index (χ4v) is 2.83. The molecule has 0 amide bonds. The Hall–Kier alpha value is -0.490. The Morgan fingerprint density at radius 1 is 1.11 bits per heavy atom. The normalized spacial score (nSPS) is 10.6. The number of rotatable bonds is 3. The number of halogens is 5. The lowest BCUT2D eigenvalue weighted by molar-refractivity contribution is 0.587. The molecule has 7 heteroatoms. The van der Waals surface area contributed by atoms with Crippen LogP contribution < -0.4 is 4.72 Å². The van der Waals surface area contributed by atoms with Crippen LogP contribution in [0.25, 0.3) is 0 Å². The third kappa shape index (κ3) is 3.54. The molecule has 0 bridgehead atoms. The first-order valence-electron chi connectivity index (χ1n) is 5.00. The minimum Gasteiger partial charge on any atom is -0.321 e. The van der Waals surface area contributed by atoms with Gasteiger partial charge in [0.25, 0.3) is 0 Å². The molecule has 0 aromatic heterocycles. The van der Waals surface area contributed by atoms with Gasteiger partial charge in [-0.05, 0) is 58.2 Å². The molecule has 0 aliphatic heterocycles. The fraction of sp³-hybridized carbons (Fsp3) is 0. The van der Waals surface area contributed by atoms with Gasteiger partial charge in [0.1, 0.15) is 11.5 Å². The van der Waals surface area contributed by atoms with Gasteiger partial charge < -0.3 is 4.72 Å². The lowest BCUT2D eigenvalue weighted by atomic mass is 10.3. The zero-order chi connectivity index (χ0) is 14.0. The first-order chi connectivity index (χ1) is 8.99. The van der Waals surface area contributed by atoms with Crippen molar-refractivity contribution in [3.8, 4) is 0 Å². The zero-order valence-corrected chi connectivity index (χ0v) is 13.1. The first-order valence-corrected chi connectivity index (χ1v) is 7.37. The van der Waals surface area contributed by atoms with Crippen molar-refractivity contribution in [3.05, 3.63) is 56.5 Å². The van der Waals surface area contributed by atoms with Crippen LogP contribution in [-0.4, -0.2) is 0 Å². The van der Waals surface area contributed by atoms with Crippen LogP contribution >= 0.6 is 51.1 Å². The third-order valence-electron chi connectivity index (χ3n) is 2.20. The van der Waals surface area contributed by atoms with Crippen molar-refractivity contribution in [2.75, 3.05) is 4.72 Å². The molecule has 0 radical (unpaired) electrons. The molecule has 1 nitrogen and oxygen atoms in total. The topological polar surface area (TPSA) is 12.0 Å². The lowest BCUT2D eigenvalue weighted by Gasteiger charge is -2.10. The van der Waals surface area contributed by atoms with E-state index in [9.17, 15) is 8.78 Å². The van der Waals surface area contributed by atoms with E-state index in [1.54, 1.807) is 18.2 Å². The molecule has 0 fully saturated rings. The molecule has 0 aliphatic carbocycles. The average molecular weight is 385 g/mol. The Labute approximate surface area is 131 Å². The first kappa shape index (κ1) is 14.9. The molecule has 19 heavy (non-hydrogen) atoms. The minimum atomic E-state index is -0.703. The summed E-state index contributed by atoms with van der Waals surface area (Å²) in [5, 5.41) is 0.932. The maximum absolute atomic E-state index is 13.7. The van der Waals surface area contributed by atoms with Crippen LogP contribution in [0.1, 0.15) is 0 Å². The molecule has 100 valence electrons. The van der Waals surface area contributed by atoms with Gasteiger partial charge in [0.2, 0.25) is 0 Å². The van der Waals surface area contributed by atoms with Gasteiger partial charge in [-0.2, -0.15) is 0 Å². The molecule has 0 aliphatic rings. The van der Waals surface area contributed by atoms with Crippen LogP contribution in [0, 0.1) is 11.6 Å². The number of anilines is 1. The predicted octanol–water partition coefficient (Wildman–Crippen LogP) is 6.15. The van der Waals surface area contributed by atoms with Crippen molar-refractivity contribution in [2.24, 2.45) is 0 Å². The molecule has 0 spiro atoms. The van der Waals surface area contributed by atoms with E-state index in [2.05, 4.69) is 20.7 Å². The SMILES string of the molecule is Fc1ccc(Br)c(F)c1NSc1cc(Cl)ccc1Cl. The molecule has 1 N–H and O–H groups in total. The van der Waals surface area contributed by atoms with E-state index in [0.717, 1.165) is 18.0 Å². The molecule has 0 saturated heterocycles. The monoisotopic (exact) mass is 383 g/mol. The van der Waals surface area contributed by atoms with Crippen molar-refractivity contribution in [1.82, 2.24) is 0 Å². The molecule has 0 saturated carbocycles. The van der Waals surface area contributed by atoms with Crippen molar-refractivity contribution in [2.45, 2.75) is 4.90 Å². The van der Waals surface area contributed by atoms with Crippen LogP contribution in [0.5, 0.6) is 0 Å². The van der Waals surface area contributed by atoms with Gasteiger partial charge in [-0.1, -0.05) is 23.2 Å². The molecule has 0 atom stereocenters. The van der Waals surface area contributed by atoms with Crippen LogP contribution in [-0.2, 0) is 0 Å². The second kappa shape index (κ2) is 6.31. The van der Waals surface area contributed by atoms with Gasteiger partial charge >= 0.3 is 0 Å². The Bertz CT molecular complexity index is 625. The predicted molar refractivity (Wildman–Crippen MR) is 80.0 cm³/mol. The molecule has 0 heterocycles. The number of hydrogen-bond acceptors (Lipinski definition) is 2. The summed E-state index contributed by atoms with van der Waals surface area (Å²) in [4.78, 5) is 0.577. The summed E-state index contributed by atoms with van der Waals surface area (Å²) >= 11 is 15.8. The molecule has 0 unspecified atom stereocenters. The summed E-state index contributed by atoms with van der Waals surface area (Å²) < 4.78 is 30.0. The smallest absolute Gasteiger partial charge is 0.164 e. The quantitative estimate of drug-likeness (QED) is 0.502. The van der Waals surface area contributed by atoms with Gasteiger partial charge in [-0.25, -0.2) is 8.78 Å². The van der Waals surface area contributed by atoms with E-state index in [4.69, 9.17) is 23.2 Å². The Morgan fingerprint density at radius 2 is 1.84 bits per heavy atom. The standard InChI is InChI=1S/C12H6BrCl2F2NS/c13-7-2-4-9(16)12(11(7)17)18-19-10-5-6(14)1-3-8(10)15/h1-5,18H. The second-order valence-corrected chi connectivity index (χ2v) is 6.04. The highest BCUT2D eigenvalue weighted by molar-refractivity contribution is 9.10. The van der Waals surface area contributed by atoms with E-state index in [1.165, 1.54) is 6.07 Å². The van der Waals surface area contributed by atoms with Gasteiger partial charge in [0.05, 0.1) is 9.50 Å². The summed E-state index contributed by atoms with van der Waals surface area (Å²) in [6, 6.07) is 7.31. The maximum atomic E-state index is 13.7. The largest absolute Gasteiger partial charge is 0.321 e. The molecule has 2 aromatic carbocycles. The van der Waals surface area contributed by atoms with Gasteiger partial charge in [0.15, 0.2) is 5.82 Å². The van der Waals surface area contributed by atoms with E-state index in [0.29, 0.717) is 14.9 Å². The second-order valence-electron chi connectivity index (χ2n) is 3.50. The minimum absolute atomic E-state index is 0.175. The fourth-order valence-electron chi connectivity index (χ4n) is 1.28. The third-order valence-corrected chi connectivity index (χ3v) is 4.35. The Balaban J connectivity index is 2.24. The van der Waals surface area contributed by atoms with E-state index in [-0.39, 0.29) is 10.2 Å². The molecule has 2 aromatic rings. The van der Waals surface area contributed by atoms with Gasteiger partial charge in [-0.15, -0.1) is 0 Å². The van der Waals surface area contributed by atoms with Crippen molar-refractivity contribution < 1.29 is 8.78 Å². The molecule has 2 rings (SSSR count). The van der Waals surface area contributed by atoms with E-state index >= 15 is 0 Å². The van der Waals surface area contributed by atoms with Crippen LogP contribution in [0.4, 0.5) is 14.5 Å². The van der Waals surface area contributed by atoms with Crippen molar-refractivity contribution in [1.29, 1.82) is 0 Å². The molecular weight excluding hydrogens is 379 g/mol. The Morgan fingerprint density at radius 3 is 2.58 bits per heavy atom. The van der Waals surface area contributed by atoms with Crippen LogP contribution in [0.3, 0.4) is 0 Å². The van der Waals surface area contributed by atoms with Crippen molar-refractivity contribution >= 4 is 56.8 Å². The number of nitrogens with one attached hydrogen (secondary N) is 1.